The topological polar surface area (TPSA) is 65.0 Å². The van der Waals surface area contributed by atoms with Crippen molar-refractivity contribution in [2.75, 3.05) is 13.2 Å². The molecule has 0 saturated heterocycles. The smallest absolute Gasteiger partial charge is 0.165 e. The maximum atomic E-state index is 11.6. The molecule has 5 nitrogen and oxygen atoms in total. The second-order valence-corrected chi connectivity index (χ2v) is 3.38. The minimum atomic E-state index is -0.133. The number of ether oxygens (including phenoxy) is 2. The van der Waals surface area contributed by atoms with Crippen molar-refractivity contribution >= 4 is 11.5 Å². The molecule has 1 aromatic carbocycles. The number of hydrogen-bond donors (Lipinski definition) is 0. The molecule has 0 saturated carbocycles. The molecule has 0 fully saturated rings. The molecule has 0 unspecified atom stereocenters. The quantitative estimate of drug-likeness (QED) is 0.580. The van der Waals surface area contributed by atoms with Gasteiger partial charge in [0.25, 0.3) is 0 Å². The highest BCUT2D eigenvalue weighted by atomic mass is 16.6. The minimum Gasteiger partial charge on any atom is -0.486 e. The van der Waals surface area contributed by atoms with E-state index in [1.165, 1.54) is 12.1 Å². The van der Waals surface area contributed by atoms with Gasteiger partial charge in [-0.05, 0) is 11.2 Å². The fourth-order valence-electron chi connectivity index (χ4n) is 1.57. The van der Waals surface area contributed by atoms with Crippen LogP contribution in [-0.4, -0.2) is 19.0 Å². The van der Waals surface area contributed by atoms with E-state index < -0.39 is 0 Å². The summed E-state index contributed by atoms with van der Waals surface area (Å²) in [6.45, 7) is 2.61. The molecular formula is C11H11NO4. The number of carbonyl (C=O) groups is 1. The number of benzene rings is 1. The second-order valence-electron chi connectivity index (χ2n) is 3.38. The summed E-state index contributed by atoms with van der Waals surface area (Å²) in [5.74, 6) is 0.829. The van der Waals surface area contributed by atoms with Crippen LogP contribution < -0.4 is 9.47 Å². The fraction of sp³-hybridized carbons (Fsp3) is 0.364. The van der Waals surface area contributed by atoms with Gasteiger partial charge in [-0.2, -0.15) is 0 Å². The molecule has 1 heterocycles. The molecule has 0 aliphatic carbocycles. The molecule has 84 valence electrons. The molecule has 0 bridgehead atoms. The molecule has 0 radical (unpaired) electrons. The standard InChI is InChI=1S/C11H11NO4/c1-2-9(13)7-5-10-11(6-8(7)12-14)16-4-3-15-10/h5-6H,2-4H2,1H3. The van der Waals surface area contributed by atoms with Crippen LogP contribution in [0.4, 0.5) is 5.69 Å². The first-order chi connectivity index (χ1) is 7.76. The minimum absolute atomic E-state index is 0.108. The van der Waals surface area contributed by atoms with E-state index in [9.17, 15) is 9.70 Å². The summed E-state index contributed by atoms with van der Waals surface area (Å²) >= 11 is 0. The zero-order valence-electron chi connectivity index (χ0n) is 8.86. The number of rotatable bonds is 3. The van der Waals surface area contributed by atoms with Crippen molar-refractivity contribution in [1.82, 2.24) is 0 Å². The summed E-state index contributed by atoms with van der Waals surface area (Å²) < 4.78 is 10.6. The SMILES string of the molecule is CCC(=O)c1cc2c(cc1N=O)OCCO2. The number of carbonyl (C=O) groups excluding carboxylic acids is 1. The fourth-order valence-corrected chi connectivity index (χ4v) is 1.57. The third-order valence-electron chi connectivity index (χ3n) is 2.38. The Labute approximate surface area is 92.3 Å². The molecule has 0 amide bonds. The van der Waals surface area contributed by atoms with Gasteiger partial charge in [0, 0.05) is 12.5 Å². The number of fused-ring (bicyclic) bond motifs is 1. The normalized spacial score (nSPS) is 13.3. The van der Waals surface area contributed by atoms with E-state index in [0.29, 0.717) is 36.7 Å². The Morgan fingerprint density at radius 1 is 1.31 bits per heavy atom. The predicted octanol–water partition coefficient (Wildman–Crippen LogP) is 2.45. The highest BCUT2D eigenvalue weighted by Gasteiger charge is 2.19. The van der Waals surface area contributed by atoms with E-state index in [0.717, 1.165) is 0 Å². The number of ketones is 1. The monoisotopic (exact) mass is 221 g/mol. The third-order valence-corrected chi connectivity index (χ3v) is 2.38. The number of Topliss-reactive ketones (excluding diaryl/α,β-unsaturated/α-hetero) is 1. The summed E-state index contributed by atoms with van der Waals surface area (Å²) in [7, 11) is 0. The highest BCUT2D eigenvalue weighted by molar-refractivity contribution is 6.01. The zero-order chi connectivity index (χ0) is 11.5. The van der Waals surface area contributed by atoms with Crippen LogP contribution in [0.3, 0.4) is 0 Å². The molecule has 5 heteroatoms. The van der Waals surface area contributed by atoms with E-state index in [1.54, 1.807) is 6.92 Å². The van der Waals surface area contributed by atoms with Crippen molar-refractivity contribution < 1.29 is 14.3 Å². The average molecular weight is 221 g/mol. The van der Waals surface area contributed by atoms with Crippen LogP contribution in [0.15, 0.2) is 17.3 Å². The molecule has 1 aromatic rings. The Kier molecular flexibility index (Phi) is 2.85. The van der Waals surface area contributed by atoms with Gasteiger partial charge in [0.1, 0.15) is 18.9 Å². The lowest BCUT2D eigenvalue weighted by molar-refractivity contribution is 0.0987. The van der Waals surface area contributed by atoms with E-state index in [2.05, 4.69) is 5.18 Å². The first-order valence-electron chi connectivity index (χ1n) is 5.06. The van der Waals surface area contributed by atoms with Gasteiger partial charge in [-0.3, -0.25) is 4.79 Å². The lowest BCUT2D eigenvalue weighted by Gasteiger charge is -2.19. The van der Waals surface area contributed by atoms with Gasteiger partial charge in [0.2, 0.25) is 0 Å². The van der Waals surface area contributed by atoms with Gasteiger partial charge in [-0.15, -0.1) is 4.91 Å². The molecule has 16 heavy (non-hydrogen) atoms. The predicted molar refractivity (Wildman–Crippen MR) is 57.5 cm³/mol. The van der Waals surface area contributed by atoms with E-state index in [-0.39, 0.29) is 11.5 Å². The first kappa shape index (κ1) is 10.6. The molecule has 0 atom stereocenters. The molecular weight excluding hydrogens is 210 g/mol. The van der Waals surface area contributed by atoms with Gasteiger partial charge < -0.3 is 9.47 Å². The van der Waals surface area contributed by atoms with Gasteiger partial charge in [0.15, 0.2) is 17.3 Å². The summed E-state index contributed by atoms with van der Waals surface area (Å²) in [6, 6.07) is 2.97. The Morgan fingerprint density at radius 3 is 2.50 bits per heavy atom. The van der Waals surface area contributed by atoms with Crippen LogP contribution in [0.5, 0.6) is 11.5 Å². The Bertz CT molecular complexity index is 442. The maximum absolute atomic E-state index is 11.6. The van der Waals surface area contributed by atoms with Crippen molar-refractivity contribution in [1.29, 1.82) is 0 Å². The Balaban J connectivity index is 2.51. The number of nitrogens with zero attached hydrogens (tertiary/aromatic N) is 1. The lowest BCUT2D eigenvalue weighted by atomic mass is 10.1. The second kappa shape index (κ2) is 4.30. The molecule has 2 rings (SSSR count). The third kappa shape index (κ3) is 1.76. The van der Waals surface area contributed by atoms with Crippen LogP contribution in [0, 0.1) is 4.91 Å². The summed E-state index contributed by atoms with van der Waals surface area (Å²) in [5.41, 5.74) is 0.401. The van der Waals surface area contributed by atoms with Crippen molar-refractivity contribution in [2.45, 2.75) is 13.3 Å². The summed E-state index contributed by atoms with van der Waals surface area (Å²) in [5, 5.41) is 2.84. The van der Waals surface area contributed by atoms with Crippen LogP contribution >= 0.6 is 0 Å². The number of nitroso groups, excluding NO2 is 1. The van der Waals surface area contributed by atoms with Crippen molar-refractivity contribution in [2.24, 2.45) is 5.18 Å². The lowest BCUT2D eigenvalue weighted by Crippen LogP contribution is -2.15. The Morgan fingerprint density at radius 2 is 1.94 bits per heavy atom. The number of hydrogen-bond acceptors (Lipinski definition) is 5. The van der Waals surface area contributed by atoms with Crippen LogP contribution in [0.1, 0.15) is 23.7 Å². The highest BCUT2D eigenvalue weighted by Crippen LogP contribution is 2.37. The van der Waals surface area contributed by atoms with Crippen LogP contribution in [-0.2, 0) is 0 Å². The van der Waals surface area contributed by atoms with E-state index in [1.807, 2.05) is 0 Å². The molecule has 0 aromatic heterocycles. The van der Waals surface area contributed by atoms with Crippen molar-refractivity contribution in [3.63, 3.8) is 0 Å². The Hall–Kier alpha value is -1.91. The average Bonchev–Trinajstić information content (AvgIpc) is 2.36. The van der Waals surface area contributed by atoms with Gasteiger partial charge >= 0.3 is 0 Å². The molecule has 1 aliphatic heterocycles. The largest absolute Gasteiger partial charge is 0.486 e. The first-order valence-corrected chi connectivity index (χ1v) is 5.06. The molecule has 0 spiro atoms. The van der Waals surface area contributed by atoms with Crippen molar-refractivity contribution in [3.05, 3.63) is 22.6 Å². The van der Waals surface area contributed by atoms with Crippen LogP contribution in [0.25, 0.3) is 0 Å². The molecule has 1 aliphatic rings. The summed E-state index contributed by atoms with van der Waals surface area (Å²) in [6.07, 6.45) is 0.322. The van der Waals surface area contributed by atoms with Crippen LogP contribution in [0.2, 0.25) is 0 Å². The maximum Gasteiger partial charge on any atom is 0.165 e. The van der Waals surface area contributed by atoms with Gasteiger partial charge in [-0.1, -0.05) is 6.92 Å². The van der Waals surface area contributed by atoms with E-state index >= 15 is 0 Å². The van der Waals surface area contributed by atoms with E-state index in [4.69, 9.17) is 9.47 Å². The molecule has 0 N–H and O–H groups in total. The summed E-state index contributed by atoms with van der Waals surface area (Å²) in [4.78, 5) is 22.2. The van der Waals surface area contributed by atoms with Gasteiger partial charge in [0.05, 0.1) is 5.56 Å². The van der Waals surface area contributed by atoms with Gasteiger partial charge in [-0.25, -0.2) is 0 Å². The van der Waals surface area contributed by atoms with Crippen molar-refractivity contribution in [3.8, 4) is 11.5 Å². The zero-order valence-corrected chi connectivity index (χ0v) is 8.86.